The lowest BCUT2D eigenvalue weighted by Crippen LogP contribution is -2.59. The number of esters is 1. The number of hydrogen-bond donors (Lipinski definition) is 4. The van der Waals surface area contributed by atoms with Crippen LogP contribution in [-0.2, 0) is 14.3 Å². The molecule has 0 aromatic heterocycles. The van der Waals surface area contributed by atoms with E-state index in [1.54, 1.807) is 0 Å². The lowest BCUT2D eigenvalue weighted by Gasteiger charge is -2.36. The van der Waals surface area contributed by atoms with Gasteiger partial charge in [0.2, 0.25) is 0 Å². The molecule has 1 rings (SSSR count). The van der Waals surface area contributed by atoms with Crippen LogP contribution in [0.1, 0.15) is 26.2 Å². The second-order valence-corrected chi connectivity index (χ2v) is 4.29. The molecule has 0 aromatic rings. The number of hydrogen-bond acceptors (Lipinski definition) is 7. The largest absolute Gasteiger partial charge is 0.464 e. The third-order valence-electron chi connectivity index (χ3n) is 2.81. The van der Waals surface area contributed by atoms with Gasteiger partial charge in [-0.3, -0.25) is 0 Å². The van der Waals surface area contributed by atoms with E-state index in [2.05, 4.69) is 0 Å². The van der Waals surface area contributed by atoms with Crippen molar-refractivity contribution in [3.8, 4) is 0 Å². The first-order chi connectivity index (χ1) is 8.49. The Labute approximate surface area is 105 Å². The molecule has 4 N–H and O–H groups in total. The molecule has 0 radical (unpaired) electrons. The van der Waals surface area contributed by atoms with E-state index in [1.165, 1.54) is 0 Å². The Morgan fingerprint density at radius 1 is 1.11 bits per heavy atom. The van der Waals surface area contributed by atoms with Crippen molar-refractivity contribution >= 4 is 5.97 Å². The van der Waals surface area contributed by atoms with E-state index >= 15 is 0 Å². The number of unbranched alkanes of at least 4 members (excludes halogenated alkanes) is 2. The maximum Gasteiger partial charge on any atom is 0.338 e. The summed E-state index contributed by atoms with van der Waals surface area (Å²) in [6.45, 7) is 2.19. The first-order valence-corrected chi connectivity index (χ1v) is 6.03. The minimum atomic E-state index is -1.73. The Morgan fingerprint density at radius 2 is 1.78 bits per heavy atom. The van der Waals surface area contributed by atoms with Gasteiger partial charge in [0.25, 0.3) is 0 Å². The summed E-state index contributed by atoms with van der Waals surface area (Å²) in [6, 6.07) is 0. The van der Waals surface area contributed by atoms with Crippen molar-refractivity contribution in [2.45, 2.75) is 56.9 Å². The predicted octanol–water partition coefficient (Wildman–Crippen LogP) is -1.48. The summed E-state index contributed by atoms with van der Waals surface area (Å²) in [5, 5.41) is 37.4. The molecule has 18 heavy (non-hydrogen) atoms. The van der Waals surface area contributed by atoms with Crippen LogP contribution in [0.2, 0.25) is 0 Å². The third kappa shape index (κ3) is 3.63. The van der Waals surface area contributed by atoms with Crippen LogP contribution in [0, 0.1) is 0 Å². The first-order valence-electron chi connectivity index (χ1n) is 6.03. The third-order valence-corrected chi connectivity index (χ3v) is 2.81. The number of carbonyl (C=O) groups excluding carboxylic acids is 1. The van der Waals surface area contributed by atoms with Crippen LogP contribution in [0.25, 0.3) is 0 Å². The molecule has 106 valence electrons. The summed E-state index contributed by atoms with van der Waals surface area (Å²) in [6.07, 6.45) is -5.56. The van der Waals surface area contributed by atoms with Crippen LogP contribution in [-0.4, -0.2) is 63.7 Å². The van der Waals surface area contributed by atoms with E-state index < -0.39 is 36.7 Å². The van der Waals surface area contributed by atoms with E-state index in [-0.39, 0.29) is 6.61 Å². The molecule has 0 bridgehead atoms. The smallest absolute Gasteiger partial charge is 0.338 e. The Morgan fingerprint density at radius 3 is 2.39 bits per heavy atom. The number of ether oxygens (including phenoxy) is 2. The fourth-order valence-corrected chi connectivity index (χ4v) is 1.66. The van der Waals surface area contributed by atoms with Crippen molar-refractivity contribution in [2.75, 3.05) is 6.61 Å². The van der Waals surface area contributed by atoms with Gasteiger partial charge in [0.15, 0.2) is 12.4 Å². The molecule has 1 saturated heterocycles. The van der Waals surface area contributed by atoms with Crippen LogP contribution in [0.15, 0.2) is 0 Å². The molecule has 1 fully saturated rings. The Hall–Kier alpha value is -0.730. The molecule has 5 atom stereocenters. The van der Waals surface area contributed by atoms with Crippen molar-refractivity contribution < 1.29 is 34.7 Å². The van der Waals surface area contributed by atoms with Crippen molar-refractivity contribution in [1.29, 1.82) is 0 Å². The molecular formula is C11H20O7. The fraction of sp³-hybridized carbons (Fsp3) is 0.909. The van der Waals surface area contributed by atoms with E-state index in [1.807, 2.05) is 6.92 Å². The van der Waals surface area contributed by atoms with Crippen LogP contribution >= 0.6 is 0 Å². The van der Waals surface area contributed by atoms with Gasteiger partial charge >= 0.3 is 5.97 Å². The second-order valence-electron chi connectivity index (χ2n) is 4.29. The second kappa shape index (κ2) is 7.01. The highest BCUT2D eigenvalue weighted by Crippen LogP contribution is 2.20. The molecular weight excluding hydrogens is 244 g/mol. The molecule has 0 aliphatic carbocycles. The van der Waals surface area contributed by atoms with E-state index in [4.69, 9.17) is 9.47 Å². The van der Waals surface area contributed by atoms with Crippen LogP contribution < -0.4 is 0 Å². The number of carbonyl (C=O) groups is 1. The van der Waals surface area contributed by atoms with E-state index in [0.29, 0.717) is 6.42 Å². The zero-order chi connectivity index (χ0) is 13.7. The Balaban J connectivity index is 2.46. The highest BCUT2D eigenvalue weighted by molar-refractivity contribution is 5.75. The van der Waals surface area contributed by atoms with E-state index in [9.17, 15) is 25.2 Å². The quantitative estimate of drug-likeness (QED) is 0.353. The maximum atomic E-state index is 11.6. The van der Waals surface area contributed by atoms with Gasteiger partial charge in [-0.2, -0.15) is 0 Å². The molecule has 1 heterocycles. The lowest BCUT2D eigenvalue weighted by molar-refractivity contribution is -0.281. The summed E-state index contributed by atoms with van der Waals surface area (Å²) in [4.78, 5) is 11.6. The molecule has 0 saturated carbocycles. The average molecular weight is 264 g/mol. The zero-order valence-electron chi connectivity index (χ0n) is 10.2. The van der Waals surface area contributed by atoms with Gasteiger partial charge in [-0.25, -0.2) is 4.79 Å². The van der Waals surface area contributed by atoms with E-state index in [0.717, 1.165) is 12.8 Å². The molecule has 0 aromatic carbocycles. The highest BCUT2D eigenvalue weighted by atomic mass is 16.7. The number of aliphatic hydroxyl groups excluding tert-OH is 4. The van der Waals surface area contributed by atoms with Gasteiger partial charge in [-0.05, 0) is 6.42 Å². The summed E-state index contributed by atoms with van der Waals surface area (Å²) in [5.41, 5.74) is 0. The maximum absolute atomic E-state index is 11.6. The predicted molar refractivity (Wildman–Crippen MR) is 59.4 cm³/mol. The van der Waals surface area contributed by atoms with Gasteiger partial charge < -0.3 is 29.9 Å². The van der Waals surface area contributed by atoms with Gasteiger partial charge in [0, 0.05) is 0 Å². The molecule has 1 aliphatic heterocycles. The normalized spacial score (nSPS) is 36.4. The monoisotopic (exact) mass is 264 g/mol. The summed E-state index contributed by atoms with van der Waals surface area (Å²) in [7, 11) is 0. The van der Waals surface area contributed by atoms with Gasteiger partial charge in [0.1, 0.15) is 18.3 Å². The lowest BCUT2D eigenvalue weighted by atomic mass is 9.99. The van der Waals surface area contributed by atoms with Crippen molar-refractivity contribution in [2.24, 2.45) is 0 Å². The Bertz CT molecular complexity index is 270. The number of rotatable bonds is 5. The number of aliphatic hydroxyl groups is 4. The van der Waals surface area contributed by atoms with Crippen molar-refractivity contribution in [1.82, 2.24) is 0 Å². The van der Waals surface area contributed by atoms with Crippen LogP contribution in [0.5, 0.6) is 0 Å². The minimum Gasteiger partial charge on any atom is -0.464 e. The SMILES string of the molecule is CCCCCOC(=O)[C@H]1O[C@@H](O)[C@H](O)[C@@H](O)[C@@H]1O. The molecule has 7 heteroatoms. The molecule has 7 nitrogen and oxygen atoms in total. The standard InChI is InChI=1S/C11H20O7/c1-2-3-4-5-17-11(16)9-7(13)6(12)8(14)10(15)18-9/h6-10,12-15H,2-5H2,1H3/t6-,7-,8+,9-,10+/m0/s1. The fourth-order valence-electron chi connectivity index (χ4n) is 1.66. The van der Waals surface area contributed by atoms with Gasteiger partial charge in [0.05, 0.1) is 6.61 Å². The van der Waals surface area contributed by atoms with Gasteiger partial charge in [-0.15, -0.1) is 0 Å². The molecule has 0 unspecified atom stereocenters. The zero-order valence-corrected chi connectivity index (χ0v) is 10.2. The molecule has 0 spiro atoms. The van der Waals surface area contributed by atoms with Crippen LogP contribution in [0.4, 0.5) is 0 Å². The summed E-state index contributed by atoms with van der Waals surface area (Å²) < 4.78 is 9.58. The summed E-state index contributed by atoms with van der Waals surface area (Å²) in [5.74, 6) is -0.858. The minimum absolute atomic E-state index is 0.188. The topological polar surface area (TPSA) is 116 Å². The molecule has 1 aliphatic rings. The first kappa shape index (κ1) is 15.3. The van der Waals surface area contributed by atoms with Crippen molar-refractivity contribution in [3.05, 3.63) is 0 Å². The highest BCUT2D eigenvalue weighted by Gasteiger charge is 2.46. The average Bonchev–Trinajstić information content (AvgIpc) is 2.36. The molecule has 0 amide bonds. The van der Waals surface area contributed by atoms with Gasteiger partial charge in [-0.1, -0.05) is 19.8 Å². The van der Waals surface area contributed by atoms with Crippen molar-refractivity contribution in [3.63, 3.8) is 0 Å². The summed E-state index contributed by atoms with van der Waals surface area (Å²) >= 11 is 0. The van der Waals surface area contributed by atoms with Crippen LogP contribution in [0.3, 0.4) is 0 Å². The Kier molecular flexibility index (Phi) is 5.97.